The molecule has 1 aromatic rings. The van der Waals surface area contributed by atoms with E-state index in [0.29, 0.717) is 0 Å². The van der Waals surface area contributed by atoms with Gasteiger partial charge in [-0.2, -0.15) is 0 Å². The summed E-state index contributed by atoms with van der Waals surface area (Å²) in [7, 11) is 0. The fourth-order valence-electron chi connectivity index (χ4n) is 1.38. The molecule has 0 bridgehead atoms. The van der Waals surface area contributed by atoms with Gasteiger partial charge in [-0.1, -0.05) is 64.5 Å². The molecule has 0 unspecified atom stereocenters. The van der Waals surface area contributed by atoms with E-state index in [9.17, 15) is 0 Å². The zero-order valence-corrected chi connectivity index (χ0v) is 12.3. The number of hydrogen-bond acceptors (Lipinski definition) is 1. The highest BCUT2D eigenvalue weighted by atomic mass is 79.9. The zero-order chi connectivity index (χ0) is 13.1. The highest BCUT2D eigenvalue weighted by Gasteiger charge is 1.91. The lowest BCUT2D eigenvalue weighted by Gasteiger charge is -2.04. The molecule has 0 aliphatic rings. The van der Waals surface area contributed by atoms with Crippen molar-refractivity contribution in [2.24, 2.45) is 0 Å². The Balaban J connectivity index is 2.57. The quantitative estimate of drug-likeness (QED) is 0.299. The average molecular weight is 307 g/mol. The normalized spacial score (nSPS) is 12.4. The van der Waals surface area contributed by atoms with Gasteiger partial charge in [0, 0.05) is 5.33 Å². The predicted molar refractivity (Wildman–Crippen MR) is 82.7 cm³/mol. The minimum Gasteiger partial charge on any atom is -0.494 e. The standard InChI is InChI=1S/C16H19BrO/c1-2-8-16(18-14-7-13-17)12-6-11-15-9-4-3-5-10-15/h2-6,8-12H,7,13-14H2,1H3/b8-2-,11-6+,16-12+. The molecule has 0 aromatic heterocycles. The van der Waals surface area contributed by atoms with Crippen molar-refractivity contribution in [1.82, 2.24) is 0 Å². The fourth-order valence-corrected chi connectivity index (χ4v) is 1.61. The maximum atomic E-state index is 5.65. The van der Waals surface area contributed by atoms with Crippen LogP contribution in [0.2, 0.25) is 0 Å². The maximum Gasteiger partial charge on any atom is 0.118 e. The molecular weight excluding hydrogens is 288 g/mol. The van der Waals surface area contributed by atoms with Gasteiger partial charge in [0.05, 0.1) is 6.61 Å². The fraction of sp³-hybridized carbons (Fsp3) is 0.250. The molecule has 0 spiro atoms. The van der Waals surface area contributed by atoms with Crippen molar-refractivity contribution in [3.05, 3.63) is 66.0 Å². The molecule has 1 rings (SSSR count). The minimum absolute atomic E-state index is 0.737. The van der Waals surface area contributed by atoms with Crippen LogP contribution in [0.3, 0.4) is 0 Å². The largest absolute Gasteiger partial charge is 0.494 e. The number of benzene rings is 1. The van der Waals surface area contributed by atoms with E-state index in [1.807, 2.05) is 49.4 Å². The number of hydrogen-bond donors (Lipinski definition) is 0. The van der Waals surface area contributed by atoms with Gasteiger partial charge in [-0.15, -0.1) is 0 Å². The summed E-state index contributed by atoms with van der Waals surface area (Å²) in [5, 5.41) is 0.968. The van der Waals surface area contributed by atoms with Gasteiger partial charge in [0.25, 0.3) is 0 Å². The molecule has 2 heteroatoms. The lowest BCUT2D eigenvalue weighted by atomic mass is 10.2. The second-order valence-corrected chi connectivity index (χ2v) is 4.52. The summed E-state index contributed by atoms with van der Waals surface area (Å²) in [4.78, 5) is 0. The van der Waals surface area contributed by atoms with Crippen LogP contribution in [0.4, 0.5) is 0 Å². The smallest absolute Gasteiger partial charge is 0.118 e. The first-order valence-corrected chi connectivity index (χ1v) is 7.24. The molecule has 0 N–H and O–H groups in total. The van der Waals surface area contributed by atoms with E-state index in [0.717, 1.165) is 24.1 Å². The third-order valence-corrected chi connectivity index (χ3v) is 2.79. The number of ether oxygens (including phenoxy) is 1. The topological polar surface area (TPSA) is 9.23 Å². The highest BCUT2D eigenvalue weighted by Crippen LogP contribution is 2.05. The Morgan fingerprint density at radius 2 is 2.06 bits per heavy atom. The van der Waals surface area contributed by atoms with Crippen LogP contribution in [0.25, 0.3) is 6.08 Å². The van der Waals surface area contributed by atoms with E-state index in [2.05, 4.69) is 34.1 Å². The summed E-state index contributed by atoms with van der Waals surface area (Å²) < 4.78 is 5.65. The zero-order valence-electron chi connectivity index (χ0n) is 10.7. The van der Waals surface area contributed by atoms with Crippen LogP contribution < -0.4 is 0 Å². The van der Waals surface area contributed by atoms with Crippen molar-refractivity contribution in [2.75, 3.05) is 11.9 Å². The van der Waals surface area contributed by atoms with Crippen molar-refractivity contribution < 1.29 is 4.74 Å². The van der Waals surface area contributed by atoms with Gasteiger partial charge in [0.15, 0.2) is 0 Å². The molecule has 1 nitrogen and oxygen atoms in total. The van der Waals surface area contributed by atoms with Crippen molar-refractivity contribution in [1.29, 1.82) is 0 Å². The molecule has 0 aliphatic heterocycles. The van der Waals surface area contributed by atoms with Crippen LogP contribution >= 0.6 is 15.9 Å². The van der Waals surface area contributed by atoms with Crippen LogP contribution in [0.1, 0.15) is 18.9 Å². The van der Waals surface area contributed by atoms with Gasteiger partial charge in [0.1, 0.15) is 5.76 Å². The highest BCUT2D eigenvalue weighted by molar-refractivity contribution is 9.09. The molecule has 0 amide bonds. The van der Waals surface area contributed by atoms with E-state index < -0.39 is 0 Å². The van der Waals surface area contributed by atoms with Crippen LogP contribution in [-0.2, 0) is 4.74 Å². The molecule has 0 saturated heterocycles. The first kappa shape index (κ1) is 14.8. The van der Waals surface area contributed by atoms with Crippen molar-refractivity contribution in [2.45, 2.75) is 13.3 Å². The Morgan fingerprint density at radius 1 is 1.28 bits per heavy atom. The molecule has 0 radical (unpaired) electrons. The summed E-state index contributed by atoms with van der Waals surface area (Å²) >= 11 is 3.39. The Labute approximate surface area is 118 Å². The van der Waals surface area contributed by atoms with Crippen molar-refractivity contribution >= 4 is 22.0 Å². The van der Waals surface area contributed by atoms with Gasteiger partial charge in [-0.3, -0.25) is 0 Å². The number of halogens is 1. The Morgan fingerprint density at radius 3 is 2.72 bits per heavy atom. The number of alkyl halides is 1. The van der Waals surface area contributed by atoms with Gasteiger partial charge in [-0.25, -0.2) is 0 Å². The van der Waals surface area contributed by atoms with E-state index in [4.69, 9.17) is 4.74 Å². The second-order valence-electron chi connectivity index (χ2n) is 3.73. The van der Waals surface area contributed by atoms with Crippen LogP contribution in [-0.4, -0.2) is 11.9 Å². The summed E-state index contributed by atoms with van der Waals surface area (Å²) in [6, 6.07) is 10.2. The Kier molecular flexibility index (Phi) is 7.98. The second kappa shape index (κ2) is 9.72. The molecule has 0 fully saturated rings. The van der Waals surface area contributed by atoms with Gasteiger partial charge < -0.3 is 4.74 Å². The predicted octanol–water partition coefficient (Wildman–Crippen LogP) is 4.96. The summed E-state index contributed by atoms with van der Waals surface area (Å²) in [6.07, 6.45) is 11.0. The third-order valence-electron chi connectivity index (χ3n) is 2.23. The molecule has 18 heavy (non-hydrogen) atoms. The van der Waals surface area contributed by atoms with Gasteiger partial charge in [-0.05, 0) is 31.1 Å². The Bertz CT molecular complexity index is 404. The summed E-state index contributed by atoms with van der Waals surface area (Å²) in [5.74, 6) is 0.894. The van der Waals surface area contributed by atoms with E-state index in [1.165, 1.54) is 5.56 Å². The van der Waals surface area contributed by atoms with Crippen molar-refractivity contribution in [3.63, 3.8) is 0 Å². The van der Waals surface area contributed by atoms with Gasteiger partial charge >= 0.3 is 0 Å². The monoisotopic (exact) mass is 306 g/mol. The van der Waals surface area contributed by atoms with E-state index in [1.54, 1.807) is 0 Å². The SMILES string of the molecule is C\C=C/C(=C\C=C\c1ccccc1)OCCCBr. The maximum absolute atomic E-state index is 5.65. The molecule has 0 heterocycles. The first-order valence-electron chi connectivity index (χ1n) is 6.11. The van der Waals surface area contributed by atoms with E-state index in [-0.39, 0.29) is 0 Å². The molecule has 0 saturated carbocycles. The molecule has 0 aliphatic carbocycles. The first-order chi connectivity index (χ1) is 8.86. The summed E-state index contributed by atoms with van der Waals surface area (Å²) in [5.41, 5.74) is 1.19. The molecule has 1 aromatic carbocycles. The Hall–Kier alpha value is -1.28. The van der Waals surface area contributed by atoms with Crippen molar-refractivity contribution in [3.8, 4) is 0 Å². The molecule has 0 atom stereocenters. The third kappa shape index (κ3) is 6.45. The number of allylic oxidation sites excluding steroid dienone is 4. The summed E-state index contributed by atoms with van der Waals surface area (Å²) in [6.45, 7) is 2.73. The van der Waals surface area contributed by atoms with Crippen LogP contribution in [0, 0.1) is 0 Å². The van der Waals surface area contributed by atoms with Crippen LogP contribution in [0.15, 0.2) is 60.4 Å². The van der Waals surface area contributed by atoms with Crippen LogP contribution in [0.5, 0.6) is 0 Å². The lowest BCUT2D eigenvalue weighted by Crippen LogP contribution is -1.93. The minimum atomic E-state index is 0.737. The average Bonchev–Trinajstić information content (AvgIpc) is 2.40. The lowest BCUT2D eigenvalue weighted by molar-refractivity contribution is 0.226. The molecular formula is C16H19BrO. The van der Waals surface area contributed by atoms with E-state index >= 15 is 0 Å². The van der Waals surface area contributed by atoms with Gasteiger partial charge in [0.2, 0.25) is 0 Å². The molecule has 96 valence electrons. The number of rotatable bonds is 7.